The van der Waals surface area contributed by atoms with Crippen LogP contribution in [0.2, 0.25) is 5.02 Å². The number of benzene rings is 1. The molecule has 0 radical (unpaired) electrons. The van der Waals surface area contributed by atoms with Crippen molar-refractivity contribution in [3.63, 3.8) is 0 Å². The maximum Gasteiger partial charge on any atom is 0.224 e. The van der Waals surface area contributed by atoms with Crippen LogP contribution in [-0.4, -0.2) is 20.6 Å². The normalized spacial score (nSPS) is 10.5. The molecule has 2 N–H and O–H groups in total. The number of halogens is 1. The number of hydrogen-bond donors (Lipinski definition) is 2. The van der Waals surface area contributed by atoms with Gasteiger partial charge in [0.25, 0.3) is 0 Å². The maximum atomic E-state index is 11.8. The van der Waals surface area contributed by atoms with E-state index in [1.807, 2.05) is 10.8 Å². The Labute approximate surface area is 122 Å². The lowest BCUT2D eigenvalue weighted by molar-refractivity contribution is -0.116. The summed E-state index contributed by atoms with van der Waals surface area (Å²) in [5, 5.41) is 13.0. The molecule has 106 valence electrons. The summed E-state index contributed by atoms with van der Waals surface area (Å²) in [5.74, 6) is -0.0977. The van der Waals surface area contributed by atoms with Gasteiger partial charge in [0, 0.05) is 30.4 Å². The number of amides is 1. The van der Waals surface area contributed by atoms with Crippen molar-refractivity contribution < 1.29 is 9.90 Å². The Kier molecular flexibility index (Phi) is 4.63. The van der Waals surface area contributed by atoms with Crippen molar-refractivity contribution in [2.75, 3.05) is 5.32 Å². The smallest absolute Gasteiger partial charge is 0.224 e. The third kappa shape index (κ3) is 3.74. The van der Waals surface area contributed by atoms with Gasteiger partial charge in [-0.05, 0) is 31.0 Å². The molecule has 0 atom stereocenters. The third-order valence-electron chi connectivity index (χ3n) is 2.92. The SMILES string of the molecule is Cc1cc(Cl)cc(NC(=O)CCCn2ccnc2)c1O. The van der Waals surface area contributed by atoms with Crippen molar-refractivity contribution in [1.82, 2.24) is 9.55 Å². The Morgan fingerprint density at radius 2 is 2.30 bits per heavy atom. The summed E-state index contributed by atoms with van der Waals surface area (Å²) in [6.45, 7) is 2.46. The molecule has 5 nitrogen and oxygen atoms in total. The van der Waals surface area contributed by atoms with Crippen LogP contribution >= 0.6 is 11.6 Å². The first kappa shape index (κ1) is 14.4. The van der Waals surface area contributed by atoms with E-state index in [4.69, 9.17) is 11.6 Å². The van der Waals surface area contributed by atoms with Gasteiger partial charge in [0.05, 0.1) is 12.0 Å². The number of carbonyl (C=O) groups is 1. The standard InChI is InChI=1S/C14H16ClN3O2/c1-10-7-11(15)8-12(14(10)20)17-13(19)3-2-5-18-6-4-16-9-18/h4,6-9,20H,2-3,5H2,1H3,(H,17,19). The summed E-state index contributed by atoms with van der Waals surface area (Å²) in [4.78, 5) is 15.8. The van der Waals surface area contributed by atoms with E-state index in [1.54, 1.807) is 25.5 Å². The van der Waals surface area contributed by atoms with Gasteiger partial charge in [-0.15, -0.1) is 0 Å². The second kappa shape index (κ2) is 6.43. The van der Waals surface area contributed by atoms with Gasteiger partial charge in [-0.2, -0.15) is 0 Å². The van der Waals surface area contributed by atoms with E-state index in [1.165, 1.54) is 6.07 Å². The molecule has 0 unspecified atom stereocenters. The highest BCUT2D eigenvalue weighted by molar-refractivity contribution is 6.31. The maximum absolute atomic E-state index is 11.8. The van der Waals surface area contributed by atoms with E-state index in [-0.39, 0.29) is 11.7 Å². The van der Waals surface area contributed by atoms with Crippen LogP contribution in [0.15, 0.2) is 30.9 Å². The zero-order chi connectivity index (χ0) is 14.5. The molecule has 0 saturated heterocycles. The zero-order valence-corrected chi connectivity index (χ0v) is 11.9. The number of hydrogen-bond acceptors (Lipinski definition) is 3. The molecular formula is C14H16ClN3O2. The Bertz CT molecular complexity index is 597. The Hall–Kier alpha value is -2.01. The quantitative estimate of drug-likeness (QED) is 0.833. The van der Waals surface area contributed by atoms with E-state index >= 15 is 0 Å². The number of nitrogens with zero attached hydrogens (tertiary/aromatic N) is 2. The van der Waals surface area contributed by atoms with Crippen LogP contribution < -0.4 is 5.32 Å². The number of aryl methyl sites for hydroxylation is 2. The molecule has 1 aromatic heterocycles. The van der Waals surface area contributed by atoms with Gasteiger partial charge >= 0.3 is 0 Å². The summed E-state index contributed by atoms with van der Waals surface area (Å²) in [6, 6.07) is 3.18. The Morgan fingerprint density at radius 1 is 1.50 bits per heavy atom. The fourth-order valence-corrected chi connectivity index (χ4v) is 2.16. The summed E-state index contributed by atoms with van der Waals surface area (Å²) in [7, 11) is 0. The van der Waals surface area contributed by atoms with Gasteiger partial charge in [0.1, 0.15) is 5.75 Å². The molecule has 1 heterocycles. The highest BCUT2D eigenvalue weighted by Crippen LogP contribution is 2.30. The molecular weight excluding hydrogens is 278 g/mol. The lowest BCUT2D eigenvalue weighted by Gasteiger charge is -2.10. The van der Waals surface area contributed by atoms with Crippen LogP contribution in [0.5, 0.6) is 5.75 Å². The van der Waals surface area contributed by atoms with Crippen LogP contribution in [0, 0.1) is 6.92 Å². The average molecular weight is 294 g/mol. The molecule has 0 saturated carbocycles. The van der Waals surface area contributed by atoms with Crippen molar-refractivity contribution in [2.45, 2.75) is 26.3 Å². The molecule has 0 fully saturated rings. The highest BCUT2D eigenvalue weighted by Gasteiger charge is 2.09. The van der Waals surface area contributed by atoms with Crippen molar-refractivity contribution in [1.29, 1.82) is 0 Å². The molecule has 6 heteroatoms. The van der Waals surface area contributed by atoms with E-state index in [9.17, 15) is 9.90 Å². The Balaban J connectivity index is 1.88. The van der Waals surface area contributed by atoms with Gasteiger partial charge in [0.15, 0.2) is 0 Å². The first-order chi connectivity index (χ1) is 9.56. The van der Waals surface area contributed by atoms with Crippen molar-refractivity contribution >= 4 is 23.2 Å². The molecule has 1 amide bonds. The molecule has 0 aliphatic rings. The fraction of sp³-hybridized carbons (Fsp3) is 0.286. The summed E-state index contributed by atoms with van der Waals surface area (Å²) in [6.07, 6.45) is 6.33. The van der Waals surface area contributed by atoms with Crippen LogP contribution in [0.3, 0.4) is 0 Å². The van der Waals surface area contributed by atoms with Gasteiger partial charge in [-0.25, -0.2) is 4.98 Å². The van der Waals surface area contributed by atoms with Gasteiger partial charge < -0.3 is 15.0 Å². The number of carbonyl (C=O) groups excluding carboxylic acids is 1. The largest absolute Gasteiger partial charge is 0.505 e. The van der Waals surface area contributed by atoms with E-state index in [2.05, 4.69) is 10.3 Å². The average Bonchev–Trinajstić information content (AvgIpc) is 2.88. The van der Waals surface area contributed by atoms with Crippen molar-refractivity contribution in [3.8, 4) is 5.75 Å². The number of phenolic OH excluding ortho intramolecular Hbond substituents is 1. The molecule has 20 heavy (non-hydrogen) atoms. The second-order valence-electron chi connectivity index (χ2n) is 4.57. The number of aromatic hydroxyl groups is 1. The molecule has 2 aromatic rings. The van der Waals surface area contributed by atoms with Gasteiger partial charge in [-0.1, -0.05) is 11.6 Å². The van der Waals surface area contributed by atoms with Gasteiger partial charge in [-0.3, -0.25) is 4.79 Å². The van der Waals surface area contributed by atoms with E-state index in [0.717, 1.165) is 6.54 Å². The lowest BCUT2D eigenvalue weighted by atomic mass is 10.2. The summed E-state index contributed by atoms with van der Waals surface area (Å²) in [5.41, 5.74) is 0.980. The van der Waals surface area contributed by atoms with Crippen LogP contribution in [0.1, 0.15) is 18.4 Å². The number of rotatable bonds is 5. The van der Waals surface area contributed by atoms with Crippen molar-refractivity contribution in [3.05, 3.63) is 41.4 Å². The molecule has 1 aromatic carbocycles. The van der Waals surface area contributed by atoms with Crippen LogP contribution in [0.4, 0.5) is 5.69 Å². The van der Waals surface area contributed by atoms with Crippen LogP contribution in [-0.2, 0) is 11.3 Å². The van der Waals surface area contributed by atoms with E-state index in [0.29, 0.717) is 29.1 Å². The number of nitrogens with one attached hydrogen (secondary N) is 1. The monoisotopic (exact) mass is 293 g/mol. The number of anilines is 1. The fourth-order valence-electron chi connectivity index (χ4n) is 1.88. The summed E-state index contributed by atoms with van der Waals surface area (Å²) < 4.78 is 1.91. The molecule has 2 rings (SSSR count). The first-order valence-corrected chi connectivity index (χ1v) is 6.69. The zero-order valence-electron chi connectivity index (χ0n) is 11.1. The van der Waals surface area contributed by atoms with E-state index < -0.39 is 0 Å². The van der Waals surface area contributed by atoms with Crippen molar-refractivity contribution in [2.24, 2.45) is 0 Å². The molecule has 0 bridgehead atoms. The molecule has 0 spiro atoms. The number of phenols is 1. The van der Waals surface area contributed by atoms with Crippen LogP contribution in [0.25, 0.3) is 0 Å². The minimum absolute atomic E-state index is 0.0531. The minimum atomic E-state index is -0.151. The predicted octanol–water partition coefficient (Wildman–Crippen LogP) is 2.97. The predicted molar refractivity (Wildman–Crippen MR) is 77.9 cm³/mol. The first-order valence-electron chi connectivity index (χ1n) is 6.31. The topological polar surface area (TPSA) is 67.2 Å². The molecule has 0 aliphatic heterocycles. The third-order valence-corrected chi connectivity index (χ3v) is 3.14. The second-order valence-corrected chi connectivity index (χ2v) is 5.01. The van der Waals surface area contributed by atoms with Gasteiger partial charge in [0.2, 0.25) is 5.91 Å². The number of aromatic nitrogens is 2. The highest BCUT2D eigenvalue weighted by atomic mass is 35.5. The Morgan fingerprint density at radius 3 is 3.00 bits per heavy atom. The minimum Gasteiger partial charge on any atom is -0.505 e. The summed E-state index contributed by atoms with van der Waals surface area (Å²) >= 11 is 5.90. The number of imidazole rings is 1. The molecule has 0 aliphatic carbocycles. The lowest BCUT2D eigenvalue weighted by Crippen LogP contribution is -2.12.